The molecule has 0 spiro atoms. The number of carbonyl (C=O) groups is 1. The van der Waals surface area contributed by atoms with E-state index >= 15 is 0 Å². The second-order valence-corrected chi connectivity index (χ2v) is 8.35. The molecule has 0 bridgehead atoms. The number of nitrogens with zero attached hydrogens (tertiary/aromatic N) is 2. The summed E-state index contributed by atoms with van der Waals surface area (Å²) in [5, 5.41) is 19.0. The molecular formula is C22H33N3O2. The van der Waals surface area contributed by atoms with Gasteiger partial charge in [0.2, 0.25) is 5.91 Å². The molecule has 0 saturated heterocycles. The molecule has 2 N–H and O–H groups in total. The number of hydrazone groups is 1. The lowest BCUT2D eigenvalue weighted by atomic mass is 9.74. The van der Waals surface area contributed by atoms with Crippen molar-refractivity contribution in [2.24, 2.45) is 16.9 Å². The van der Waals surface area contributed by atoms with Crippen molar-refractivity contribution in [3.05, 3.63) is 35.4 Å². The summed E-state index contributed by atoms with van der Waals surface area (Å²) in [6, 6.07) is 8.29. The van der Waals surface area contributed by atoms with Crippen molar-refractivity contribution in [1.29, 1.82) is 0 Å². The predicted molar refractivity (Wildman–Crippen MR) is 109 cm³/mol. The van der Waals surface area contributed by atoms with Crippen LogP contribution in [0.5, 0.6) is 0 Å². The van der Waals surface area contributed by atoms with Gasteiger partial charge < -0.3 is 10.4 Å². The molecular weight excluding hydrogens is 338 g/mol. The molecule has 2 aliphatic rings. The average Bonchev–Trinajstić information content (AvgIpc) is 2.99. The maximum atomic E-state index is 13.1. The van der Waals surface area contributed by atoms with Gasteiger partial charge in [-0.15, -0.1) is 0 Å². The van der Waals surface area contributed by atoms with E-state index in [-0.39, 0.29) is 24.5 Å². The topological polar surface area (TPSA) is 64.9 Å². The molecule has 5 heteroatoms. The summed E-state index contributed by atoms with van der Waals surface area (Å²) in [7, 11) is 0. The Balaban J connectivity index is 1.78. The molecule has 1 aromatic carbocycles. The number of fused-ring (bicyclic) bond motifs is 3. The van der Waals surface area contributed by atoms with Crippen LogP contribution in [0, 0.1) is 11.8 Å². The summed E-state index contributed by atoms with van der Waals surface area (Å²) in [4.78, 5) is 13.1. The second kappa shape index (κ2) is 8.87. The molecule has 3 atom stereocenters. The molecule has 1 aliphatic carbocycles. The van der Waals surface area contributed by atoms with E-state index in [2.05, 4.69) is 50.4 Å². The first-order chi connectivity index (χ1) is 13.0. The fourth-order valence-electron chi connectivity index (χ4n) is 4.37. The quantitative estimate of drug-likeness (QED) is 0.690. The summed E-state index contributed by atoms with van der Waals surface area (Å²) in [5.41, 5.74) is 3.65. The first kappa shape index (κ1) is 19.9. The van der Waals surface area contributed by atoms with E-state index in [4.69, 9.17) is 10.2 Å². The molecule has 1 amide bonds. The van der Waals surface area contributed by atoms with E-state index in [1.165, 1.54) is 11.1 Å². The molecule has 0 saturated carbocycles. The molecule has 3 rings (SSSR count). The van der Waals surface area contributed by atoms with Gasteiger partial charge in [-0.1, -0.05) is 45.0 Å². The molecule has 27 heavy (non-hydrogen) atoms. The summed E-state index contributed by atoms with van der Waals surface area (Å²) in [6.45, 7) is 8.27. The van der Waals surface area contributed by atoms with E-state index in [1.807, 2.05) is 5.01 Å². The minimum Gasteiger partial charge on any atom is -0.396 e. The standard InChI is InChI=1S/C22H33N3O2/c1-15(2)14-25-21(22(27)23-11-7-4-8-12-26)19-13-16(3)17-9-5-6-10-18(17)20(19)24-25/h5-6,9-10,15-16,19,21,26H,4,7-8,11-14H2,1-3H3,(H,23,27). The van der Waals surface area contributed by atoms with Crippen LogP contribution in [0.3, 0.4) is 0 Å². The zero-order chi connectivity index (χ0) is 19.4. The number of hydrogen-bond donors (Lipinski definition) is 2. The van der Waals surface area contributed by atoms with Crippen LogP contribution in [0.25, 0.3) is 0 Å². The van der Waals surface area contributed by atoms with Gasteiger partial charge >= 0.3 is 0 Å². The Kier molecular flexibility index (Phi) is 6.53. The van der Waals surface area contributed by atoms with Gasteiger partial charge in [-0.3, -0.25) is 9.80 Å². The van der Waals surface area contributed by atoms with Gasteiger partial charge in [-0.2, -0.15) is 5.10 Å². The van der Waals surface area contributed by atoms with Gasteiger partial charge in [0, 0.05) is 31.2 Å². The summed E-state index contributed by atoms with van der Waals surface area (Å²) >= 11 is 0. The number of hydrogen-bond acceptors (Lipinski definition) is 4. The van der Waals surface area contributed by atoms with Crippen molar-refractivity contribution in [2.75, 3.05) is 19.7 Å². The van der Waals surface area contributed by atoms with Crippen LogP contribution in [-0.4, -0.2) is 47.5 Å². The highest BCUT2D eigenvalue weighted by molar-refractivity contribution is 6.08. The third-order valence-electron chi connectivity index (χ3n) is 5.62. The largest absolute Gasteiger partial charge is 0.396 e. The van der Waals surface area contributed by atoms with Crippen LogP contribution in [0.1, 0.15) is 63.5 Å². The molecule has 1 aromatic rings. The Morgan fingerprint density at radius 3 is 2.81 bits per heavy atom. The molecule has 3 unspecified atom stereocenters. The van der Waals surface area contributed by atoms with Gasteiger partial charge in [0.1, 0.15) is 6.04 Å². The third kappa shape index (κ3) is 4.34. The van der Waals surface area contributed by atoms with Gasteiger partial charge in [-0.25, -0.2) is 0 Å². The first-order valence-electron chi connectivity index (χ1n) is 10.4. The fourth-order valence-corrected chi connectivity index (χ4v) is 4.37. The van der Waals surface area contributed by atoms with E-state index in [0.29, 0.717) is 18.4 Å². The van der Waals surface area contributed by atoms with Crippen LogP contribution in [0.15, 0.2) is 29.4 Å². The Bertz CT molecular complexity index is 686. The maximum absolute atomic E-state index is 13.1. The predicted octanol–water partition coefficient (Wildman–Crippen LogP) is 3.13. The lowest BCUT2D eigenvalue weighted by Crippen LogP contribution is -2.48. The molecule has 148 valence electrons. The highest BCUT2D eigenvalue weighted by atomic mass is 16.2. The molecule has 5 nitrogen and oxygen atoms in total. The molecule has 1 aliphatic heterocycles. The average molecular weight is 372 g/mol. The number of carbonyl (C=O) groups excluding carboxylic acids is 1. The lowest BCUT2D eigenvalue weighted by molar-refractivity contribution is -0.127. The second-order valence-electron chi connectivity index (χ2n) is 8.35. The van der Waals surface area contributed by atoms with Crippen LogP contribution < -0.4 is 5.32 Å². The van der Waals surface area contributed by atoms with Gasteiger partial charge in [0.05, 0.1) is 5.71 Å². The fraction of sp³-hybridized carbons (Fsp3) is 0.636. The van der Waals surface area contributed by atoms with Crippen molar-refractivity contribution in [2.45, 2.75) is 58.4 Å². The number of rotatable bonds is 8. The zero-order valence-corrected chi connectivity index (χ0v) is 16.8. The van der Waals surface area contributed by atoms with E-state index in [9.17, 15) is 4.79 Å². The maximum Gasteiger partial charge on any atom is 0.245 e. The van der Waals surface area contributed by atoms with Crippen molar-refractivity contribution in [1.82, 2.24) is 10.3 Å². The van der Waals surface area contributed by atoms with Crippen LogP contribution in [-0.2, 0) is 4.79 Å². The summed E-state index contributed by atoms with van der Waals surface area (Å²) in [5.74, 6) is 1.13. The SMILES string of the molecule is CC(C)CN1N=C2c3ccccc3C(C)CC2C1C(=O)NCCCCCO. The van der Waals surface area contributed by atoms with E-state index < -0.39 is 0 Å². The Morgan fingerprint density at radius 2 is 2.07 bits per heavy atom. The minimum atomic E-state index is -0.212. The first-order valence-corrected chi connectivity index (χ1v) is 10.4. The van der Waals surface area contributed by atoms with Gasteiger partial charge in [-0.05, 0) is 43.1 Å². The molecule has 0 fully saturated rings. The number of aliphatic hydroxyl groups is 1. The minimum absolute atomic E-state index is 0.0926. The molecule has 1 heterocycles. The zero-order valence-electron chi connectivity index (χ0n) is 16.8. The number of benzene rings is 1. The number of nitrogens with one attached hydrogen (secondary N) is 1. The highest BCUT2D eigenvalue weighted by Crippen LogP contribution is 2.41. The number of unbranched alkanes of at least 4 members (excludes halogenated alkanes) is 2. The monoisotopic (exact) mass is 371 g/mol. The van der Waals surface area contributed by atoms with Crippen molar-refractivity contribution < 1.29 is 9.90 Å². The Labute approximate surface area is 162 Å². The van der Waals surface area contributed by atoms with E-state index in [1.54, 1.807) is 0 Å². The Hall–Kier alpha value is -1.88. The van der Waals surface area contributed by atoms with Gasteiger partial charge in [0.25, 0.3) is 0 Å². The van der Waals surface area contributed by atoms with Crippen molar-refractivity contribution in [3.8, 4) is 0 Å². The Morgan fingerprint density at radius 1 is 1.30 bits per heavy atom. The number of amides is 1. The molecule has 0 radical (unpaired) electrons. The smallest absolute Gasteiger partial charge is 0.245 e. The summed E-state index contributed by atoms with van der Waals surface area (Å²) < 4.78 is 0. The van der Waals surface area contributed by atoms with Crippen LogP contribution >= 0.6 is 0 Å². The summed E-state index contributed by atoms with van der Waals surface area (Å²) in [6.07, 6.45) is 3.60. The van der Waals surface area contributed by atoms with E-state index in [0.717, 1.165) is 37.9 Å². The third-order valence-corrected chi connectivity index (χ3v) is 5.62. The lowest BCUT2D eigenvalue weighted by Gasteiger charge is -2.32. The highest BCUT2D eigenvalue weighted by Gasteiger charge is 2.45. The normalized spacial score (nSPS) is 23.8. The molecule has 0 aromatic heterocycles. The van der Waals surface area contributed by atoms with Crippen molar-refractivity contribution in [3.63, 3.8) is 0 Å². The van der Waals surface area contributed by atoms with Crippen molar-refractivity contribution >= 4 is 11.6 Å². The van der Waals surface area contributed by atoms with Crippen LogP contribution in [0.4, 0.5) is 0 Å². The van der Waals surface area contributed by atoms with Gasteiger partial charge in [0.15, 0.2) is 0 Å². The van der Waals surface area contributed by atoms with Crippen LogP contribution in [0.2, 0.25) is 0 Å². The number of aliphatic hydroxyl groups excluding tert-OH is 1.